The van der Waals surface area contributed by atoms with E-state index in [1.54, 1.807) is 17.8 Å². The van der Waals surface area contributed by atoms with Gasteiger partial charge in [0.25, 0.3) is 0 Å². The molecule has 1 aromatic rings. The molecule has 0 amide bonds. The Morgan fingerprint density at radius 3 is 2.93 bits per heavy atom. The van der Waals surface area contributed by atoms with Crippen molar-refractivity contribution in [3.8, 4) is 0 Å². The van der Waals surface area contributed by atoms with Crippen molar-refractivity contribution >= 4 is 40.8 Å². The van der Waals surface area contributed by atoms with Gasteiger partial charge in [-0.05, 0) is 11.8 Å². The van der Waals surface area contributed by atoms with Crippen molar-refractivity contribution in [3.63, 3.8) is 0 Å². The third-order valence-electron chi connectivity index (χ3n) is 1.49. The van der Waals surface area contributed by atoms with Crippen LogP contribution in [0.1, 0.15) is 16.6 Å². The number of hydrogen-bond acceptors (Lipinski definition) is 4. The maximum atomic E-state index is 10.6. The summed E-state index contributed by atoms with van der Waals surface area (Å²) in [4.78, 5) is 12.1. The molecule has 0 aliphatic rings. The van der Waals surface area contributed by atoms with Gasteiger partial charge in [0.1, 0.15) is 4.88 Å². The van der Waals surface area contributed by atoms with Crippen molar-refractivity contribution < 1.29 is 9.90 Å². The fraction of sp³-hybridized carbons (Fsp3) is 0.444. The third-order valence-corrected chi connectivity index (χ3v) is 4.69. The molecule has 0 aliphatic heterocycles. The Bertz CT molecular complexity index is 296. The van der Waals surface area contributed by atoms with Gasteiger partial charge in [-0.15, -0.1) is 23.1 Å². The maximum Gasteiger partial charge on any atom is 0.345 e. The quantitative estimate of drug-likeness (QED) is 0.619. The molecule has 5 heteroatoms. The van der Waals surface area contributed by atoms with Crippen molar-refractivity contribution in [2.45, 2.75) is 11.8 Å². The van der Waals surface area contributed by atoms with Gasteiger partial charge in [-0.25, -0.2) is 4.79 Å². The summed E-state index contributed by atoms with van der Waals surface area (Å²) in [5.41, 5.74) is 0. The van der Waals surface area contributed by atoms with Gasteiger partial charge in [0.2, 0.25) is 0 Å². The number of thioether (sulfide) groups is 2. The molecular weight excluding hydrogens is 236 g/mol. The molecule has 0 fully saturated rings. The summed E-state index contributed by atoms with van der Waals surface area (Å²) in [6.07, 6.45) is 0. The second-order valence-corrected chi connectivity index (χ2v) is 5.97. The van der Waals surface area contributed by atoms with Gasteiger partial charge < -0.3 is 5.11 Å². The lowest BCUT2D eigenvalue weighted by Gasteiger charge is -1.96. The normalized spacial score (nSPS) is 10.4. The summed E-state index contributed by atoms with van der Waals surface area (Å²) in [5, 5.41) is 10.6. The zero-order valence-corrected chi connectivity index (χ0v) is 10.3. The molecule has 0 bridgehead atoms. The van der Waals surface area contributed by atoms with Crippen LogP contribution in [0.25, 0.3) is 0 Å². The largest absolute Gasteiger partial charge is 0.477 e. The van der Waals surface area contributed by atoms with Crippen LogP contribution >= 0.6 is 34.9 Å². The summed E-state index contributed by atoms with van der Waals surface area (Å²) >= 11 is 4.93. The first-order valence-electron chi connectivity index (χ1n) is 4.26. The lowest BCUT2D eigenvalue weighted by molar-refractivity contribution is 0.0702. The third kappa shape index (κ3) is 3.94. The summed E-state index contributed by atoms with van der Waals surface area (Å²) in [6, 6.07) is 1.74. The lowest BCUT2D eigenvalue weighted by atomic mass is 10.5. The average Bonchev–Trinajstić information content (AvgIpc) is 2.61. The molecule has 14 heavy (non-hydrogen) atoms. The van der Waals surface area contributed by atoms with Crippen molar-refractivity contribution in [2.24, 2.45) is 0 Å². The molecule has 0 atom stereocenters. The number of rotatable bonds is 6. The van der Waals surface area contributed by atoms with Gasteiger partial charge in [-0.3, -0.25) is 0 Å². The second-order valence-electron chi connectivity index (χ2n) is 2.50. The van der Waals surface area contributed by atoms with Crippen molar-refractivity contribution in [1.29, 1.82) is 0 Å². The smallest absolute Gasteiger partial charge is 0.345 e. The number of carboxylic acid groups (broad SMARTS) is 1. The Morgan fingerprint density at radius 2 is 2.36 bits per heavy atom. The van der Waals surface area contributed by atoms with E-state index < -0.39 is 5.97 Å². The van der Waals surface area contributed by atoms with E-state index >= 15 is 0 Å². The molecule has 0 saturated carbocycles. The van der Waals surface area contributed by atoms with Gasteiger partial charge in [-0.2, -0.15) is 11.8 Å². The van der Waals surface area contributed by atoms with Crippen LogP contribution < -0.4 is 0 Å². The second kappa shape index (κ2) is 6.37. The van der Waals surface area contributed by atoms with Gasteiger partial charge in [0.05, 0.1) is 0 Å². The standard InChI is InChI=1S/C9H12O2S3/c1-2-12-3-4-13-7-5-8(9(10)11)14-6-7/h5-6H,2-4H2,1H3,(H,10,11). The minimum Gasteiger partial charge on any atom is -0.477 e. The topological polar surface area (TPSA) is 37.3 Å². The Balaban J connectivity index is 2.33. The van der Waals surface area contributed by atoms with E-state index in [0.717, 1.165) is 22.2 Å². The Hall–Kier alpha value is -0.130. The minimum atomic E-state index is -0.829. The highest BCUT2D eigenvalue weighted by Gasteiger charge is 2.06. The van der Waals surface area contributed by atoms with E-state index in [0.29, 0.717) is 4.88 Å². The number of thiophene rings is 1. The van der Waals surface area contributed by atoms with Crippen LogP contribution in [0.4, 0.5) is 0 Å². The van der Waals surface area contributed by atoms with Gasteiger partial charge >= 0.3 is 5.97 Å². The van der Waals surface area contributed by atoms with E-state index in [2.05, 4.69) is 6.92 Å². The average molecular weight is 248 g/mol. The molecule has 0 spiro atoms. The van der Waals surface area contributed by atoms with E-state index in [1.807, 2.05) is 17.1 Å². The monoisotopic (exact) mass is 248 g/mol. The molecule has 1 rings (SSSR count). The first kappa shape index (κ1) is 11.9. The van der Waals surface area contributed by atoms with Crippen LogP contribution in [0, 0.1) is 0 Å². The fourth-order valence-corrected chi connectivity index (χ4v) is 3.50. The zero-order chi connectivity index (χ0) is 10.4. The van der Waals surface area contributed by atoms with Crippen LogP contribution in [0.2, 0.25) is 0 Å². The predicted molar refractivity (Wildman–Crippen MR) is 65.0 cm³/mol. The minimum absolute atomic E-state index is 0.427. The number of hydrogen-bond donors (Lipinski definition) is 1. The van der Waals surface area contributed by atoms with E-state index in [1.165, 1.54) is 11.3 Å². The summed E-state index contributed by atoms with van der Waals surface area (Å²) < 4.78 is 0. The molecular formula is C9H12O2S3. The van der Waals surface area contributed by atoms with E-state index in [9.17, 15) is 4.79 Å². The highest BCUT2D eigenvalue weighted by atomic mass is 32.2. The molecule has 0 unspecified atom stereocenters. The first-order chi connectivity index (χ1) is 6.74. The SMILES string of the molecule is CCSCCSc1csc(C(=O)O)c1. The van der Waals surface area contributed by atoms with Gasteiger partial charge in [-0.1, -0.05) is 6.92 Å². The summed E-state index contributed by atoms with van der Waals surface area (Å²) in [7, 11) is 0. The molecule has 1 aromatic heterocycles. The summed E-state index contributed by atoms with van der Waals surface area (Å²) in [5.74, 6) is 2.49. The molecule has 0 saturated heterocycles. The summed E-state index contributed by atoms with van der Waals surface area (Å²) in [6.45, 7) is 2.14. The van der Waals surface area contributed by atoms with Crippen molar-refractivity contribution in [3.05, 3.63) is 16.3 Å². The molecule has 0 aromatic carbocycles. The van der Waals surface area contributed by atoms with Gasteiger partial charge in [0.15, 0.2) is 0 Å². The van der Waals surface area contributed by atoms with Crippen LogP contribution in [-0.4, -0.2) is 28.3 Å². The van der Waals surface area contributed by atoms with Crippen molar-refractivity contribution in [2.75, 3.05) is 17.3 Å². The Kier molecular flexibility index (Phi) is 5.44. The molecule has 1 N–H and O–H groups in total. The Morgan fingerprint density at radius 1 is 1.57 bits per heavy atom. The fourth-order valence-electron chi connectivity index (χ4n) is 0.869. The lowest BCUT2D eigenvalue weighted by Crippen LogP contribution is -1.90. The highest BCUT2D eigenvalue weighted by molar-refractivity contribution is 8.03. The van der Waals surface area contributed by atoms with Gasteiger partial charge in [0, 0.05) is 21.8 Å². The van der Waals surface area contributed by atoms with Crippen molar-refractivity contribution in [1.82, 2.24) is 0 Å². The zero-order valence-electron chi connectivity index (χ0n) is 7.86. The van der Waals surface area contributed by atoms with Crippen LogP contribution in [0.5, 0.6) is 0 Å². The van der Waals surface area contributed by atoms with Crippen LogP contribution in [0.3, 0.4) is 0 Å². The predicted octanol–water partition coefficient (Wildman–Crippen LogP) is 3.29. The van der Waals surface area contributed by atoms with E-state index in [-0.39, 0.29) is 0 Å². The molecule has 1 heterocycles. The first-order valence-corrected chi connectivity index (χ1v) is 7.28. The van der Waals surface area contributed by atoms with Crippen LogP contribution in [0.15, 0.2) is 16.3 Å². The Labute approximate surface area is 96.1 Å². The molecule has 2 nitrogen and oxygen atoms in total. The number of aromatic carboxylic acids is 1. The maximum absolute atomic E-state index is 10.6. The van der Waals surface area contributed by atoms with E-state index in [4.69, 9.17) is 5.11 Å². The number of carbonyl (C=O) groups is 1. The van der Waals surface area contributed by atoms with Crippen LogP contribution in [-0.2, 0) is 0 Å². The molecule has 78 valence electrons. The highest BCUT2D eigenvalue weighted by Crippen LogP contribution is 2.25. The molecule has 0 aliphatic carbocycles. The number of carboxylic acids is 1. The molecule has 0 radical (unpaired) electrons.